The van der Waals surface area contributed by atoms with Crippen molar-refractivity contribution in [1.29, 1.82) is 0 Å². The van der Waals surface area contributed by atoms with Gasteiger partial charge in [0.1, 0.15) is 12.4 Å². The smallest absolute Gasteiger partial charge is 0.269 e. The fraction of sp³-hybridized carbons (Fsp3) is 0.143. The summed E-state index contributed by atoms with van der Waals surface area (Å²) >= 11 is 0. The van der Waals surface area contributed by atoms with E-state index in [9.17, 15) is 14.9 Å². The molecule has 0 saturated carbocycles. The molecule has 0 aliphatic rings. The number of carbonyl (C=O) groups excluding carboxylic acids is 1. The molecule has 0 aliphatic heterocycles. The first-order valence-electron chi connectivity index (χ1n) is 9.57. The molecule has 11 heteroatoms. The van der Waals surface area contributed by atoms with Crippen LogP contribution in [0.5, 0.6) is 11.6 Å². The number of rotatable bonds is 8. The van der Waals surface area contributed by atoms with Gasteiger partial charge in [-0.3, -0.25) is 14.9 Å². The standard InChI is InChI=1S/C21H18N6O5/c1-31-17-8-4-14(5-9-17)20-24-23-18-10-11-19(25-26(18)20)32-13-12-22-21(28)15-2-6-16(7-3-15)27(29)30/h2-11H,12-13H2,1H3,(H,22,28). The van der Waals surface area contributed by atoms with Gasteiger partial charge >= 0.3 is 0 Å². The Labute approximate surface area is 181 Å². The van der Waals surface area contributed by atoms with Crippen LogP contribution < -0.4 is 14.8 Å². The van der Waals surface area contributed by atoms with E-state index >= 15 is 0 Å². The number of nitrogens with zero attached hydrogens (tertiary/aromatic N) is 5. The van der Waals surface area contributed by atoms with Gasteiger partial charge in [0, 0.05) is 29.3 Å². The summed E-state index contributed by atoms with van der Waals surface area (Å²) in [5.74, 6) is 1.28. The predicted octanol–water partition coefficient (Wildman–Crippen LogP) is 2.52. The van der Waals surface area contributed by atoms with E-state index in [-0.39, 0.29) is 24.7 Å². The summed E-state index contributed by atoms with van der Waals surface area (Å²) in [7, 11) is 1.60. The quantitative estimate of drug-likeness (QED) is 0.254. The average Bonchev–Trinajstić information content (AvgIpc) is 3.25. The monoisotopic (exact) mass is 434 g/mol. The van der Waals surface area contributed by atoms with Crippen molar-refractivity contribution < 1.29 is 19.2 Å². The molecular formula is C21H18N6O5. The number of hydrogen-bond acceptors (Lipinski definition) is 8. The maximum absolute atomic E-state index is 12.1. The van der Waals surface area contributed by atoms with Gasteiger partial charge in [0.25, 0.3) is 11.6 Å². The molecule has 0 unspecified atom stereocenters. The van der Waals surface area contributed by atoms with E-state index in [0.29, 0.717) is 22.9 Å². The highest BCUT2D eigenvalue weighted by molar-refractivity contribution is 5.94. The molecule has 0 aliphatic carbocycles. The van der Waals surface area contributed by atoms with Crippen LogP contribution in [0, 0.1) is 10.1 Å². The summed E-state index contributed by atoms with van der Waals surface area (Å²) in [6.45, 7) is 0.403. The zero-order valence-corrected chi connectivity index (χ0v) is 17.0. The molecule has 2 aromatic heterocycles. The first-order valence-corrected chi connectivity index (χ1v) is 9.57. The van der Waals surface area contributed by atoms with Crippen LogP contribution in [0.3, 0.4) is 0 Å². The molecule has 0 fully saturated rings. The molecular weight excluding hydrogens is 416 g/mol. The van der Waals surface area contributed by atoms with Crippen molar-refractivity contribution in [3.63, 3.8) is 0 Å². The van der Waals surface area contributed by atoms with Crippen LogP contribution in [0.25, 0.3) is 17.0 Å². The first-order chi connectivity index (χ1) is 15.5. The topological polar surface area (TPSA) is 134 Å². The minimum Gasteiger partial charge on any atom is -0.497 e. The van der Waals surface area contributed by atoms with Crippen LogP contribution in [-0.4, -0.2) is 50.9 Å². The summed E-state index contributed by atoms with van der Waals surface area (Å²) in [4.78, 5) is 22.3. The summed E-state index contributed by atoms with van der Waals surface area (Å²) in [5.41, 5.74) is 1.63. The molecule has 1 N–H and O–H groups in total. The van der Waals surface area contributed by atoms with Crippen molar-refractivity contribution in [3.8, 4) is 23.0 Å². The second kappa shape index (κ2) is 9.08. The number of amides is 1. The normalized spacial score (nSPS) is 10.7. The number of non-ortho nitro benzene ring substituents is 1. The van der Waals surface area contributed by atoms with Gasteiger partial charge in [-0.05, 0) is 42.5 Å². The zero-order chi connectivity index (χ0) is 22.5. The fourth-order valence-electron chi connectivity index (χ4n) is 2.93. The lowest BCUT2D eigenvalue weighted by Gasteiger charge is -2.08. The first kappa shape index (κ1) is 20.7. The van der Waals surface area contributed by atoms with Gasteiger partial charge in [-0.1, -0.05) is 0 Å². The van der Waals surface area contributed by atoms with Gasteiger partial charge < -0.3 is 14.8 Å². The summed E-state index contributed by atoms with van der Waals surface area (Å²) < 4.78 is 12.4. The van der Waals surface area contributed by atoms with Gasteiger partial charge in [-0.25, -0.2) is 0 Å². The lowest BCUT2D eigenvalue weighted by molar-refractivity contribution is -0.384. The van der Waals surface area contributed by atoms with Gasteiger partial charge in [-0.2, -0.15) is 4.52 Å². The van der Waals surface area contributed by atoms with Crippen LogP contribution in [0.1, 0.15) is 10.4 Å². The van der Waals surface area contributed by atoms with Crippen LogP contribution in [0.4, 0.5) is 5.69 Å². The number of fused-ring (bicyclic) bond motifs is 1. The van der Waals surface area contributed by atoms with E-state index in [1.807, 2.05) is 24.3 Å². The van der Waals surface area contributed by atoms with E-state index < -0.39 is 4.92 Å². The maximum Gasteiger partial charge on any atom is 0.269 e. The fourth-order valence-corrected chi connectivity index (χ4v) is 2.93. The van der Waals surface area contributed by atoms with E-state index in [4.69, 9.17) is 9.47 Å². The van der Waals surface area contributed by atoms with Crippen molar-refractivity contribution in [1.82, 2.24) is 25.1 Å². The zero-order valence-electron chi connectivity index (χ0n) is 17.0. The third kappa shape index (κ3) is 4.46. The Morgan fingerprint density at radius 2 is 1.81 bits per heavy atom. The third-order valence-corrected chi connectivity index (χ3v) is 4.56. The number of nitrogens with one attached hydrogen (secondary N) is 1. The van der Waals surface area contributed by atoms with E-state index in [2.05, 4.69) is 20.6 Å². The SMILES string of the molecule is COc1ccc(-c2nnc3ccc(OCCNC(=O)c4ccc([N+](=O)[O-])cc4)nn23)cc1. The number of methoxy groups -OCH3 is 1. The molecule has 0 spiro atoms. The Balaban J connectivity index is 1.37. The Bertz CT molecular complexity index is 1250. The van der Waals surface area contributed by atoms with Gasteiger partial charge in [0.05, 0.1) is 18.6 Å². The lowest BCUT2D eigenvalue weighted by atomic mass is 10.2. The number of benzene rings is 2. The van der Waals surface area contributed by atoms with E-state index in [0.717, 1.165) is 11.3 Å². The second-order valence-electron chi connectivity index (χ2n) is 6.60. The third-order valence-electron chi connectivity index (χ3n) is 4.56. The minimum absolute atomic E-state index is 0.0747. The van der Waals surface area contributed by atoms with Crippen molar-refractivity contribution in [2.45, 2.75) is 0 Å². The minimum atomic E-state index is -0.519. The largest absolute Gasteiger partial charge is 0.497 e. The van der Waals surface area contributed by atoms with Crippen molar-refractivity contribution in [3.05, 3.63) is 76.3 Å². The molecule has 4 aromatic rings. The van der Waals surface area contributed by atoms with E-state index in [1.54, 1.807) is 23.8 Å². The number of hydrogen-bond donors (Lipinski definition) is 1. The van der Waals surface area contributed by atoms with Crippen LogP contribution in [0.15, 0.2) is 60.7 Å². The molecule has 2 heterocycles. The van der Waals surface area contributed by atoms with Gasteiger partial charge in [-0.15, -0.1) is 15.3 Å². The number of aromatic nitrogens is 4. The Hall–Kier alpha value is -4.54. The Kier molecular flexibility index (Phi) is 5.88. The lowest BCUT2D eigenvalue weighted by Crippen LogP contribution is -2.28. The molecule has 4 rings (SSSR count). The Morgan fingerprint density at radius 1 is 1.06 bits per heavy atom. The second-order valence-corrected chi connectivity index (χ2v) is 6.60. The number of carbonyl (C=O) groups is 1. The molecule has 2 aromatic carbocycles. The highest BCUT2D eigenvalue weighted by Crippen LogP contribution is 2.21. The van der Waals surface area contributed by atoms with Crippen LogP contribution >= 0.6 is 0 Å². The molecule has 11 nitrogen and oxygen atoms in total. The summed E-state index contributed by atoms with van der Waals surface area (Å²) in [6.07, 6.45) is 0. The highest BCUT2D eigenvalue weighted by atomic mass is 16.6. The number of nitro groups is 1. The molecule has 32 heavy (non-hydrogen) atoms. The highest BCUT2D eigenvalue weighted by Gasteiger charge is 2.12. The molecule has 1 amide bonds. The van der Waals surface area contributed by atoms with Gasteiger partial charge in [0.15, 0.2) is 11.5 Å². The Morgan fingerprint density at radius 3 is 2.50 bits per heavy atom. The summed E-state index contributed by atoms with van der Waals surface area (Å²) in [6, 6.07) is 16.1. The predicted molar refractivity (Wildman–Crippen MR) is 114 cm³/mol. The molecule has 0 bridgehead atoms. The number of ether oxygens (including phenoxy) is 2. The van der Waals surface area contributed by atoms with E-state index in [1.165, 1.54) is 24.3 Å². The number of nitro benzene ring substituents is 1. The van der Waals surface area contributed by atoms with Gasteiger partial charge in [0.2, 0.25) is 5.88 Å². The molecule has 0 radical (unpaired) electrons. The van der Waals surface area contributed by atoms with Crippen LogP contribution in [-0.2, 0) is 0 Å². The van der Waals surface area contributed by atoms with Crippen LogP contribution in [0.2, 0.25) is 0 Å². The van der Waals surface area contributed by atoms with Crippen molar-refractivity contribution in [2.75, 3.05) is 20.3 Å². The van der Waals surface area contributed by atoms with Crippen molar-refractivity contribution >= 4 is 17.2 Å². The molecule has 0 saturated heterocycles. The average molecular weight is 434 g/mol. The summed E-state index contributed by atoms with van der Waals surface area (Å²) in [5, 5.41) is 26.1. The maximum atomic E-state index is 12.1. The molecule has 0 atom stereocenters. The molecule has 162 valence electrons. The van der Waals surface area contributed by atoms with Crippen molar-refractivity contribution in [2.24, 2.45) is 0 Å².